The molecule has 3 heteroatoms. The number of hydrogen-bond donors (Lipinski definition) is 1. The van der Waals surface area contributed by atoms with E-state index in [1.807, 2.05) is 0 Å². The first-order valence-electron chi connectivity index (χ1n) is 6.23. The molecule has 0 saturated carbocycles. The van der Waals surface area contributed by atoms with Crippen LogP contribution in [-0.4, -0.2) is 19.6 Å². The van der Waals surface area contributed by atoms with E-state index in [0.717, 1.165) is 11.0 Å². The van der Waals surface area contributed by atoms with Gasteiger partial charge in [-0.15, -0.1) is 0 Å². The summed E-state index contributed by atoms with van der Waals surface area (Å²) in [6.07, 6.45) is 0. The SMILES string of the molecule is CCNC(C)c1cc(Br)ccc1N(C)C(C)C. The van der Waals surface area contributed by atoms with Gasteiger partial charge in [0.25, 0.3) is 0 Å². The fourth-order valence-electron chi connectivity index (χ4n) is 1.89. The molecule has 0 radical (unpaired) electrons. The van der Waals surface area contributed by atoms with Gasteiger partial charge in [-0.05, 0) is 51.1 Å². The van der Waals surface area contributed by atoms with Crippen molar-refractivity contribution in [1.82, 2.24) is 5.32 Å². The van der Waals surface area contributed by atoms with Crippen molar-refractivity contribution >= 4 is 21.6 Å². The van der Waals surface area contributed by atoms with Crippen LogP contribution in [0.3, 0.4) is 0 Å². The van der Waals surface area contributed by atoms with E-state index < -0.39 is 0 Å². The molecule has 0 heterocycles. The number of anilines is 1. The second-order valence-electron chi connectivity index (χ2n) is 4.69. The van der Waals surface area contributed by atoms with Gasteiger partial charge >= 0.3 is 0 Å². The molecule has 0 amide bonds. The van der Waals surface area contributed by atoms with Gasteiger partial charge in [-0.1, -0.05) is 22.9 Å². The van der Waals surface area contributed by atoms with E-state index in [2.05, 4.69) is 79.1 Å². The molecule has 0 saturated heterocycles. The van der Waals surface area contributed by atoms with Crippen molar-refractivity contribution in [2.45, 2.75) is 39.8 Å². The second kappa shape index (κ2) is 6.41. The Balaban J connectivity index is 3.11. The van der Waals surface area contributed by atoms with Gasteiger partial charge in [-0.25, -0.2) is 0 Å². The van der Waals surface area contributed by atoms with Crippen molar-refractivity contribution in [2.75, 3.05) is 18.5 Å². The highest BCUT2D eigenvalue weighted by molar-refractivity contribution is 9.10. The van der Waals surface area contributed by atoms with Crippen molar-refractivity contribution in [3.05, 3.63) is 28.2 Å². The van der Waals surface area contributed by atoms with Crippen LogP contribution in [0.5, 0.6) is 0 Å². The van der Waals surface area contributed by atoms with Gasteiger partial charge < -0.3 is 10.2 Å². The minimum atomic E-state index is 0.369. The second-order valence-corrected chi connectivity index (χ2v) is 5.60. The molecule has 17 heavy (non-hydrogen) atoms. The van der Waals surface area contributed by atoms with Crippen molar-refractivity contribution in [1.29, 1.82) is 0 Å². The molecule has 1 rings (SSSR count). The van der Waals surface area contributed by atoms with E-state index in [0.29, 0.717) is 12.1 Å². The van der Waals surface area contributed by atoms with E-state index in [-0.39, 0.29) is 0 Å². The summed E-state index contributed by atoms with van der Waals surface area (Å²) in [6, 6.07) is 7.38. The van der Waals surface area contributed by atoms with E-state index >= 15 is 0 Å². The summed E-state index contributed by atoms with van der Waals surface area (Å²) in [5.74, 6) is 0. The fourth-order valence-corrected chi connectivity index (χ4v) is 2.27. The maximum Gasteiger partial charge on any atom is 0.0415 e. The van der Waals surface area contributed by atoms with Gasteiger partial charge in [0, 0.05) is 29.3 Å². The lowest BCUT2D eigenvalue weighted by Gasteiger charge is -2.28. The summed E-state index contributed by atoms with van der Waals surface area (Å²) in [7, 11) is 2.15. The van der Waals surface area contributed by atoms with Gasteiger partial charge in [0.2, 0.25) is 0 Å². The topological polar surface area (TPSA) is 15.3 Å². The first-order valence-corrected chi connectivity index (χ1v) is 7.02. The lowest BCUT2D eigenvalue weighted by molar-refractivity contribution is 0.594. The van der Waals surface area contributed by atoms with Crippen LogP contribution in [-0.2, 0) is 0 Å². The quantitative estimate of drug-likeness (QED) is 0.885. The molecule has 0 aliphatic carbocycles. The summed E-state index contributed by atoms with van der Waals surface area (Å²) in [6.45, 7) is 9.76. The molecule has 0 fully saturated rings. The Morgan fingerprint density at radius 1 is 1.29 bits per heavy atom. The highest BCUT2D eigenvalue weighted by atomic mass is 79.9. The molecule has 0 bridgehead atoms. The monoisotopic (exact) mass is 298 g/mol. The summed E-state index contributed by atoms with van der Waals surface area (Å²) in [5.41, 5.74) is 2.65. The Morgan fingerprint density at radius 3 is 2.47 bits per heavy atom. The number of benzene rings is 1. The van der Waals surface area contributed by atoms with Gasteiger partial charge in [0.05, 0.1) is 0 Å². The summed E-state index contributed by atoms with van der Waals surface area (Å²) >= 11 is 3.56. The predicted molar refractivity (Wildman–Crippen MR) is 79.8 cm³/mol. The van der Waals surface area contributed by atoms with Crippen molar-refractivity contribution in [2.24, 2.45) is 0 Å². The summed E-state index contributed by atoms with van der Waals surface area (Å²) < 4.78 is 1.14. The van der Waals surface area contributed by atoms with Crippen molar-refractivity contribution in [3.8, 4) is 0 Å². The maximum absolute atomic E-state index is 3.56. The zero-order valence-electron chi connectivity index (χ0n) is 11.4. The molecule has 0 aromatic heterocycles. The molecule has 0 aliphatic heterocycles. The molecule has 96 valence electrons. The van der Waals surface area contributed by atoms with Crippen LogP contribution in [0.4, 0.5) is 5.69 Å². The first kappa shape index (κ1) is 14.5. The third kappa shape index (κ3) is 3.71. The van der Waals surface area contributed by atoms with Crippen LogP contribution in [0, 0.1) is 0 Å². The molecule has 1 unspecified atom stereocenters. The number of halogens is 1. The van der Waals surface area contributed by atoms with E-state index in [1.165, 1.54) is 11.3 Å². The zero-order valence-corrected chi connectivity index (χ0v) is 13.0. The third-order valence-corrected chi connectivity index (χ3v) is 3.61. The summed E-state index contributed by atoms with van der Waals surface area (Å²) in [4.78, 5) is 2.32. The largest absolute Gasteiger partial charge is 0.372 e. The van der Waals surface area contributed by atoms with Crippen LogP contribution < -0.4 is 10.2 Å². The molecule has 1 N–H and O–H groups in total. The van der Waals surface area contributed by atoms with Crippen LogP contribution in [0.15, 0.2) is 22.7 Å². The average molecular weight is 299 g/mol. The van der Waals surface area contributed by atoms with Gasteiger partial charge in [0.15, 0.2) is 0 Å². The maximum atomic E-state index is 3.56. The highest BCUT2D eigenvalue weighted by Gasteiger charge is 2.14. The molecule has 1 aromatic rings. The minimum Gasteiger partial charge on any atom is -0.372 e. The number of hydrogen-bond acceptors (Lipinski definition) is 2. The zero-order chi connectivity index (χ0) is 13.0. The first-order chi connectivity index (χ1) is 7.97. The number of nitrogens with one attached hydrogen (secondary N) is 1. The Morgan fingerprint density at radius 2 is 1.94 bits per heavy atom. The van der Waals surface area contributed by atoms with Gasteiger partial charge in [0.1, 0.15) is 0 Å². The highest BCUT2D eigenvalue weighted by Crippen LogP contribution is 2.29. The van der Waals surface area contributed by atoms with Crippen LogP contribution >= 0.6 is 15.9 Å². The lowest BCUT2D eigenvalue weighted by Crippen LogP contribution is -2.28. The Hall–Kier alpha value is -0.540. The van der Waals surface area contributed by atoms with Gasteiger partial charge in [-0.3, -0.25) is 0 Å². The fraction of sp³-hybridized carbons (Fsp3) is 0.571. The lowest BCUT2D eigenvalue weighted by atomic mass is 10.0. The Labute approximate surface area is 114 Å². The molecular weight excluding hydrogens is 276 g/mol. The van der Waals surface area contributed by atoms with Crippen LogP contribution in [0.1, 0.15) is 39.3 Å². The standard InChI is InChI=1S/C14H23BrN2/c1-6-16-11(4)13-9-12(15)7-8-14(13)17(5)10(2)3/h7-11,16H,6H2,1-5H3. The molecule has 1 atom stereocenters. The normalized spacial score (nSPS) is 12.9. The predicted octanol–water partition coefficient (Wildman–Crippen LogP) is 3.96. The molecule has 0 spiro atoms. The van der Waals surface area contributed by atoms with E-state index in [4.69, 9.17) is 0 Å². The Kier molecular flexibility index (Phi) is 5.47. The molecule has 0 aliphatic rings. The average Bonchev–Trinajstić information content (AvgIpc) is 2.28. The molecule has 1 aromatic carbocycles. The van der Waals surface area contributed by atoms with Crippen LogP contribution in [0.25, 0.3) is 0 Å². The molecule has 2 nitrogen and oxygen atoms in total. The third-order valence-electron chi connectivity index (χ3n) is 3.12. The summed E-state index contributed by atoms with van der Waals surface area (Å²) in [5, 5.41) is 3.48. The van der Waals surface area contributed by atoms with Crippen molar-refractivity contribution in [3.63, 3.8) is 0 Å². The van der Waals surface area contributed by atoms with Crippen LogP contribution in [0.2, 0.25) is 0 Å². The number of rotatable bonds is 5. The minimum absolute atomic E-state index is 0.369. The molecular formula is C14H23BrN2. The Bertz CT molecular complexity index is 363. The van der Waals surface area contributed by atoms with E-state index in [1.54, 1.807) is 0 Å². The van der Waals surface area contributed by atoms with Gasteiger partial charge in [-0.2, -0.15) is 0 Å². The van der Waals surface area contributed by atoms with E-state index in [9.17, 15) is 0 Å². The number of nitrogens with zero attached hydrogens (tertiary/aromatic N) is 1. The smallest absolute Gasteiger partial charge is 0.0415 e. The van der Waals surface area contributed by atoms with Crippen molar-refractivity contribution < 1.29 is 0 Å².